The van der Waals surface area contributed by atoms with Gasteiger partial charge in [-0.3, -0.25) is 10.1 Å². The zero-order chi connectivity index (χ0) is 15.4. The third-order valence-corrected chi connectivity index (χ3v) is 4.02. The van der Waals surface area contributed by atoms with Gasteiger partial charge in [-0.25, -0.2) is 0 Å². The summed E-state index contributed by atoms with van der Waals surface area (Å²) < 4.78 is 6.66. The van der Waals surface area contributed by atoms with Gasteiger partial charge in [-0.2, -0.15) is 0 Å². The molecule has 0 aliphatic heterocycles. The number of rotatable bonds is 5. The SMILES string of the molecule is COc1ccc(Br)cc1NCc1ccc(Br)c([N+](=O)[O-])c1. The summed E-state index contributed by atoms with van der Waals surface area (Å²) in [6.45, 7) is 0.459. The van der Waals surface area contributed by atoms with Crippen molar-refractivity contribution in [2.24, 2.45) is 0 Å². The highest BCUT2D eigenvalue weighted by molar-refractivity contribution is 9.10. The highest BCUT2D eigenvalue weighted by Gasteiger charge is 2.12. The van der Waals surface area contributed by atoms with E-state index >= 15 is 0 Å². The first-order chi connectivity index (χ1) is 10.0. The lowest BCUT2D eigenvalue weighted by atomic mass is 10.2. The molecular weight excluding hydrogens is 404 g/mol. The van der Waals surface area contributed by atoms with Gasteiger partial charge in [0.2, 0.25) is 0 Å². The zero-order valence-electron chi connectivity index (χ0n) is 11.1. The molecule has 0 bridgehead atoms. The van der Waals surface area contributed by atoms with Crippen LogP contribution in [0, 0.1) is 10.1 Å². The summed E-state index contributed by atoms with van der Waals surface area (Å²) in [5, 5.41) is 14.1. The second-order valence-corrected chi connectivity index (χ2v) is 6.01. The number of nitro benzene ring substituents is 1. The monoisotopic (exact) mass is 414 g/mol. The van der Waals surface area contributed by atoms with Gasteiger partial charge in [0.1, 0.15) is 5.75 Å². The van der Waals surface area contributed by atoms with Gasteiger partial charge in [0, 0.05) is 17.1 Å². The van der Waals surface area contributed by atoms with Crippen LogP contribution in [0.2, 0.25) is 0 Å². The number of anilines is 1. The Balaban J connectivity index is 2.19. The summed E-state index contributed by atoms with van der Waals surface area (Å²) in [6.07, 6.45) is 0. The minimum Gasteiger partial charge on any atom is -0.495 e. The number of ether oxygens (including phenoxy) is 1. The molecule has 0 aliphatic rings. The Hall–Kier alpha value is -1.60. The molecule has 0 aliphatic carbocycles. The fraction of sp³-hybridized carbons (Fsp3) is 0.143. The van der Waals surface area contributed by atoms with Crippen LogP contribution in [0.1, 0.15) is 5.56 Å². The number of hydrogen-bond acceptors (Lipinski definition) is 4. The first-order valence-corrected chi connectivity index (χ1v) is 7.60. The molecule has 0 heterocycles. The van der Waals surface area contributed by atoms with E-state index in [1.807, 2.05) is 24.3 Å². The highest BCUT2D eigenvalue weighted by atomic mass is 79.9. The second kappa shape index (κ2) is 6.91. The van der Waals surface area contributed by atoms with Crippen LogP contribution in [-0.4, -0.2) is 12.0 Å². The van der Waals surface area contributed by atoms with E-state index in [0.29, 0.717) is 16.8 Å². The Morgan fingerprint density at radius 2 is 2.00 bits per heavy atom. The number of nitrogens with zero attached hydrogens (tertiary/aromatic N) is 1. The Labute approximate surface area is 138 Å². The van der Waals surface area contributed by atoms with Crippen LogP contribution in [0.3, 0.4) is 0 Å². The molecule has 0 radical (unpaired) electrons. The van der Waals surface area contributed by atoms with Crippen molar-refractivity contribution < 1.29 is 9.66 Å². The summed E-state index contributed by atoms with van der Waals surface area (Å²) in [5.74, 6) is 0.713. The normalized spacial score (nSPS) is 10.2. The van der Waals surface area contributed by atoms with E-state index in [9.17, 15) is 10.1 Å². The maximum atomic E-state index is 10.9. The van der Waals surface area contributed by atoms with Gasteiger partial charge in [0.05, 0.1) is 22.2 Å². The van der Waals surface area contributed by atoms with Gasteiger partial charge in [0.25, 0.3) is 5.69 Å². The lowest BCUT2D eigenvalue weighted by molar-refractivity contribution is -0.385. The summed E-state index contributed by atoms with van der Waals surface area (Å²) in [5.41, 5.74) is 1.68. The number of nitrogens with one attached hydrogen (secondary N) is 1. The molecular formula is C14H12Br2N2O3. The quantitative estimate of drug-likeness (QED) is 0.565. The number of halogens is 2. The minimum atomic E-state index is -0.409. The van der Waals surface area contributed by atoms with E-state index < -0.39 is 4.92 Å². The molecule has 2 rings (SSSR count). The van der Waals surface area contributed by atoms with Crippen molar-refractivity contribution in [2.45, 2.75) is 6.54 Å². The molecule has 2 aromatic carbocycles. The first-order valence-electron chi connectivity index (χ1n) is 6.01. The third-order valence-electron chi connectivity index (χ3n) is 2.85. The summed E-state index contributed by atoms with van der Waals surface area (Å²) in [6, 6.07) is 10.7. The van der Waals surface area contributed by atoms with Crippen molar-refractivity contribution in [1.82, 2.24) is 0 Å². The maximum Gasteiger partial charge on any atom is 0.283 e. The zero-order valence-corrected chi connectivity index (χ0v) is 14.3. The van der Waals surface area contributed by atoms with Crippen LogP contribution in [0.4, 0.5) is 11.4 Å². The Morgan fingerprint density at radius 3 is 2.67 bits per heavy atom. The van der Waals surface area contributed by atoms with E-state index in [-0.39, 0.29) is 5.69 Å². The average molecular weight is 416 g/mol. The van der Waals surface area contributed by atoms with Crippen LogP contribution < -0.4 is 10.1 Å². The molecule has 0 aromatic heterocycles. The molecule has 7 heteroatoms. The molecule has 5 nitrogen and oxygen atoms in total. The molecule has 2 aromatic rings. The van der Waals surface area contributed by atoms with E-state index in [4.69, 9.17) is 4.74 Å². The highest BCUT2D eigenvalue weighted by Crippen LogP contribution is 2.29. The number of nitro groups is 1. The molecule has 0 unspecified atom stereocenters. The van der Waals surface area contributed by atoms with E-state index in [0.717, 1.165) is 15.7 Å². The van der Waals surface area contributed by atoms with Gasteiger partial charge in [-0.1, -0.05) is 22.0 Å². The number of hydrogen-bond donors (Lipinski definition) is 1. The number of methoxy groups -OCH3 is 1. The van der Waals surface area contributed by atoms with Crippen molar-refractivity contribution in [3.8, 4) is 5.75 Å². The average Bonchev–Trinajstić information content (AvgIpc) is 2.46. The molecule has 0 fully saturated rings. The van der Waals surface area contributed by atoms with E-state index in [2.05, 4.69) is 37.2 Å². The van der Waals surface area contributed by atoms with Gasteiger partial charge >= 0.3 is 0 Å². The van der Waals surface area contributed by atoms with Crippen LogP contribution in [0.5, 0.6) is 5.75 Å². The molecule has 0 saturated carbocycles. The van der Waals surface area contributed by atoms with Crippen LogP contribution in [0.25, 0.3) is 0 Å². The number of benzene rings is 2. The summed E-state index contributed by atoms with van der Waals surface area (Å²) in [4.78, 5) is 10.5. The fourth-order valence-corrected chi connectivity index (χ4v) is 2.58. The summed E-state index contributed by atoms with van der Waals surface area (Å²) in [7, 11) is 1.60. The second-order valence-electron chi connectivity index (χ2n) is 4.24. The first kappa shape index (κ1) is 15.8. The van der Waals surface area contributed by atoms with Crippen molar-refractivity contribution in [2.75, 3.05) is 12.4 Å². The molecule has 1 N–H and O–H groups in total. The predicted octanol–water partition coefficient (Wildman–Crippen LogP) is 4.74. The Bertz CT molecular complexity index is 677. The Kier molecular flexibility index (Phi) is 5.19. The third kappa shape index (κ3) is 3.95. The minimum absolute atomic E-state index is 0.0514. The van der Waals surface area contributed by atoms with E-state index in [1.54, 1.807) is 19.2 Å². The molecule has 0 spiro atoms. The van der Waals surface area contributed by atoms with Gasteiger partial charge in [0.15, 0.2) is 0 Å². The van der Waals surface area contributed by atoms with Crippen LogP contribution in [-0.2, 0) is 6.54 Å². The topological polar surface area (TPSA) is 64.4 Å². The molecule has 0 atom stereocenters. The van der Waals surface area contributed by atoms with Crippen molar-refractivity contribution in [3.63, 3.8) is 0 Å². The lowest BCUT2D eigenvalue weighted by Crippen LogP contribution is -2.02. The van der Waals surface area contributed by atoms with Gasteiger partial charge in [-0.15, -0.1) is 0 Å². The van der Waals surface area contributed by atoms with Crippen LogP contribution in [0.15, 0.2) is 45.3 Å². The molecule has 0 amide bonds. The largest absolute Gasteiger partial charge is 0.495 e. The fourth-order valence-electron chi connectivity index (χ4n) is 1.82. The smallest absolute Gasteiger partial charge is 0.283 e. The van der Waals surface area contributed by atoms with Crippen molar-refractivity contribution >= 4 is 43.2 Å². The van der Waals surface area contributed by atoms with Crippen molar-refractivity contribution in [3.05, 3.63) is 61.0 Å². The van der Waals surface area contributed by atoms with Crippen LogP contribution >= 0.6 is 31.9 Å². The van der Waals surface area contributed by atoms with Gasteiger partial charge < -0.3 is 10.1 Å². The van der Waals surface area contributed by atoms with Gasteiger partial charge in [-0.05, 0) is 45.8 Å². The molecule has 0 saturated heterocycles. The van der Waals surface area contributed by atoms with Crippen molar-refractivity contribution in [1.29, 1.82) is 0 Å². The molecule has 110 valence electrons. The predicted molar refractivity (Wildman–Crippen MR) is 88.8 cm³/mol. The summed E-state index contributed by atoms with van der Waals surface area (Å²) >= 11 is 6.57. The standard InChI is InChI=1S/C14H12Br2N2O3/c1-21-14-5-3-10(15)7-12(14)17-8-9-2-4-11(16)13(6-9)18(19)20/h2-7,17H,8H2,1H3. The molecule has 21 heavy (non-hydrogen) atoms. The Morgan fingerprint density at radius 1 is 1.24 bits per heavy atom. The lowest BCUT2D eigenvalue weighted by Gasteiger charge is -2.11. The maximum absolute atomic E-state index is 10.9. The van der Waals surface area contributed by atoms with E-state index in [1.165, 1.54) is 0 Å².